The maximum absolute atomic E-state index is 13.1. The van der Waals surface area contributed by atoms with E-state index in [-0.39, 0.29) is 6.42 Å². The number of hydrogen-bond acceptors (Lipinski definition) is 3. The number of amides is 1. The Labute approximate surface area is 107 Å². The van der Waals surface area contributed by atoms with Gasteiger partial charge in [0.1, 0.15) is 6.04 Å². The van der Waals surface area contributed by atoms with Gasteiger partial charge >= 0.3 is 5.97 Å². The lowest BCUT2D eigenvalue weighted by Gasteiger charge is -2.13. The van der Waals surface area contributed by atoms with Crippen LogP contribution in [0.1, 0.15) is 30.1 Å². The summed E-state index contributed by atoms with van der Waals surface area (Å²) in [6.45, 7) is 1.74. The summed E-state index contributed by atoms with van der Waals surface area (Å²) in [7, 11) is 0. The number of phenolic OH excluding ortho intramolecular Hbond substituents is 1. The van der Waals surface area contributed by atoms with Gasteiger partial charge in [0.2, 0.25) is 0 Å². The Kier molecular flexibility index (Phi) is 4.80. The summed E-state index contributed by atoms with van der Waals surface area (Å²) >= 11 is 0. The molecular formula is C12H13F2NO4. The van der Waals surface area contributed by atoms with Crippen LogP contribution in [0.15, 0.2) is 12.1 Å². The van der Waals surface area contributed by atoms with Crippen LogP contribution in [0.2, 0.25) is 0 Å². The molecule has 19 heavy (non-hydrogen) atoms. The first-order valence-electron chi connectivity index (χ1n) is 5.58. The molecule has 0 aliphatic carbocycles. The lowest BCUT2D eigenvalue weighted by atomic mass is 10.1. The van der Waals surface area contributed by atoms with Gasteiger partial charge in [0, 0.05) is 5.56 Å². The minimum atomic E-state index is -1.28. The van der Waals surface area contributed by atoms with Gasteiger partial charge in [-0.25, -0.2) is 13.6 Å². The van der Waals surface area contributed by atoms with Crippen molar-refractivity contribution in [2.45, 2.75) is 25.8 Å². The number of carboxylic acid groups (broad SMARTS) is 1. The number of aliphatic carboxylic acids is 1. The molecule has 0 heterocycles. The normalized spacial score (nSPS) is 11.9. The summed E-state index contributed by atoms with van der Waals surface area (Å²) in [5.74, 6) is -5.89. The number of carboxylic acids is 1. The highest BCUT2D eigenvalue weighted by Crippen LogP contribution is 2.21. The van der Waals surface area contributed by atoms with Gasteiger partial charge in [-0.15, -0.1) is 0 Å². The van der Waals surface area contributed by atoms with Gasteiger partial charge in [-0.2, -0.15) is 0 Å². The Bertz CT molecular complexity index is 481. The molecule has 0 saturated heterocycles. The van der Waals surface area contributed by atoms with E-state index in [2.05, 4.69) is 5.32 Å². The molecule has 0 aliphatic heterocycles. The Morgan fingerprint density at radius 3 is 2.26 bits per heavy atom. The fraction of sp³-hybridized carbons (Fsp3) is 0.333. The Morgan fingerprint density at radius 1 is 1.32 bits per heavy atom. The standard InChI is InChI=1S/C12H13F2NO4/c1-2-3-9(12(18)19)15-11(17)6-4-7(13)10(16)8(14)5-6/h4-5,9,16H,2-3H2,1H3,(H,15,17)(H,18,19). The third-order valence-corrected chi connectivity index (χ3v) is 2.46. The van der Waals surface area contributed by atoms with Crippen LogP contribution >= 0.6 is 0 Å². The number of benzene rings is 1. The molecule has 0 saturated carbocycles. The minimum Gasteiger partial charge on any atom is -0.503 e. The molecule has 1 rings (SSSR count). The van der Waals surface area contributed by atoms with Crippen molar-refractivity contribution >= 4 is 11.9 Å². The molecule has 0 fully saturated rings. The van der Waals surface area contributed by atoms with Crippen LogP contribution < -0.4 is 5.32 Å². The van der Waals surface area contributed by atoms with Crippen LogP contribution in [0.4, 0.5) is 8.78 Å². The van der Waals surface area contributed by atoms with Gasteiger partial charge in [-0.05, 0) is 18.6 Å². The van der Waals surface area contributed by atoms with Gasteiger partial charge in [-0.3, -0.25) is 4.79 Å². The number of phenols is 1. The van der Waals surface area contributed by atoms with E-state index in [4.69, 9.17) is 10.2 Å². The third kappa shape index (κ3) is 3.64. The van der Waals surface area contributed by atoms with Gasteiger partial charge in [0.15, 0.2) is 17.4 Å². The summed E-state index contributed by atoms with van der Waals surface area (Å²) in [5.41, 5.74) is -0.393. The van der Waals surface area contributed by atoms with Crippen molar-refractivity contribution in [2.75, 3.05) is 0 Å². The second-order valence-electron chi connectivity index (χ2n) is 3.94. The number of aromatic hydroxyl groups is 1. The summed E-state index contributed by atoms with van der Waals surface area (Å²) in [4.78, 5) is 22.5. The number of carbonyl (C=O) groups excluding carboxylic acids is 1. The molecule has 1 aromatic carbocycles. The summed E-state index contributed by atoms with van der Waals surface area (Å²) in [6.07, 6.45) is 0.722. The van der Waals surface area contributed by atoms with E-state index in [1.54, 1.807) is 6.92 Å². The lowest BCUT2D eigenvalue weighted by molar-refractivity contribution is -0.139. The van der Waals surface area contributed by atoms with E-state index >= 15 is 0 Å². The smallest absolute Gasteiger partial charge is 0.326 e. The summed E-state index contributed by atoms with van der Waals surface area (Å²) in [6, 6.07) is 0.148. The summed E-state index contributed by atoms with van der Waals surface area (Å²) < 4.78 is 26.1. The van der Waals surface area contributed by atoms with Crippen molar-refractivity contribution in [1.29, 1.82) is 0 Å². The van der Waals surface area contributed by atoms with Crippen LogP contribution in [0.5, 0.6) is 5.75 Å². The zero-order valence-electron chi connectivity index (χ0n) is 10.1. The fourth-order valence-corrected chi connectivity index (χ4v) is 1.48. The molecule has 0 radical (unpaired) electrons. The van der Waals surface area contributed by atoms with Crippen LogP contribution in [0.3, 0.4) is 0 Å². The van der Waals surface area contributed by atoms with Crippen LogP contribution in [0.25, 0.3) is 0 Å². The van der Waals surface area contributed by atoms with Crippen LogP contribution in [0, 0.1) is 11.6 Å². The first-order chi connectivity index (χ1) is 8.86. The Hall–Kier alpha value is -2.18. The predicted octanol–water partition coefficient (Wildman–Crippen LogP) is 1.65. The average Bonchev–Trinajstić information content (AvgIpc) is 2.34. The highest BCUT2D eigenvalue weighted by molar-refractivity contribution is 5.96. The highest BCUT2D eigenvalue weighted by atomic mass is 19.1. The number of nitrogens with one attached hydrogen (secondary N) is 1. The SMILES string of the molecule is CCCC(NC(=O)c1cc(F)c(O)c(F)c1)C(=O)O. The predicted molar refractivity (Wildman–Crippen MR) is 61.8 cm³/mol. The van der Waals surface area contributed by atoms with Gasteiger partial charge in [0.05, 0.1) is 0 Å². The van der Waals surface area contributed by atoms with Crippen molar-refractivity contribution < 1.29 is 28.6 Å². The number of halogens is 2. The van der Waals surface area contributed by atoms with Crippen molar-refractivity contribution in [2.24, 2.45) is 0 Å². The Morgan fingerprint density at radius 2 is 1.84 bits per heavy atom. The second-order valence-corrected chi connectivity index (χ2v) is 3.94. The molecule has 1 aromatic rings. The fourth-order valence-electron chi connectivity index (χ4n) is 1.48. The molecular weight excluding hydrogens is 260 g/mol. The maximum Gasteiger partial charge on any atom is 0.326 e. The van der Waals surface area contributed by atoms with Crippen molar-refractivity contribution in [1.82, 2.24) is 5.32 Å². The molecule has 1 atom stereocenters. The molecule has 1 unspecified atom stereocenters. The molecule has 0 aromatic heterocycles. The van der Waals surface area contributed by atoms with Gasteiger partial charge in [0.25, 0.3) is 5.91 Å². The van der Waals surface area contributed by atoms with Gasteiger partial charge < -0.3 is 15.5 Å². The molecule has 0 bridgehead atoms. The molecule has 5 nitrogen and oxygen atoms in total. The molecule has 0 spiro atoms. The van der Waals surface area contributed by atoms with Gasteiger partial charge in [-0.1, -0.05) is 13.3 Å². The second kappa shape index (κ2) is 6.12. The molecule has 7 heteroatoms. The number of rotatable bonds is 5. The quantitative estimate of drug-likeness (QED) is 0.761. The van der Waals surface area contributed by atoms with E-state index in [1.165, 1.54) is 0 Å². The molecule has 1 amide bonds. The first kappa shape index (κ1) is 14.9. The van der Waals surface area contributed by atoms with Crippen LogP contribution in [-0.4, -0.2) is 28.1 Å². The van der Waals surface area contributed by atoms with E-state index in [1.807, 2.05) is 0 Å². The molecule has 0 aliphatic rings. The largest absolute Gasteiger partial charge is 0.503 e. The number of carbonyl (C=O) groups is 2. The highest BCUT2D eigenvalue weighted by Gasteiger charge is 2.21. The third-order valence-electron chi connectivity index (χ3n) is 2.46. The monoisotopic (exact) mass is 273 g/mol. The van der Waals surface area contributed by atoms with Crippen LogP contribution in [-0.2, 0) is 4.79 Å². The summed E-state index contributed by atoms with van der Waals surface area (Å²) in [5, 5.41) is 19.9. The van der Waals surface area contributed by atoms with Crippen molar-refractivity contribution in [3.05, 3.63) is 29.3 Å². The zero-order chi connectivity index (χ0) is 14.6. The van der Waals surface area contributed by atoms with E-state index in [0.29, 0.717) is 18.6 Å². The van der Waals surface area contributed by atoms with E-state index < -0.39 is 40.9 Å². The molecule has 3 N–H and O–H groups in total. The van der Waals surface area contributed by atoms with Crippen molar-refractivity contribution in [3.8, 4) is 5.75 Å². The number of hydrogen-bond donors (Lipinski definition) is 3. The van der Waals surface area contributed by atoms with E-state index in [9.17, 15) is 18.4 Å². The van der Waals surface area contributed by atoms with E-state index in [0.717, 1.165) is 0 Å². The Balaban J connectivity index is 2.91. The topological polar surface area (TPSA) is 86.6 Å². The zero-order valence-corrected chi connectivity index (χ0v) is 10.1. The average molecular weight is 273 g/mol. The molecule has 104 valence electrons. The minimum absolute atomic E-state index is 0.199. The lowest BCUT2D eigenvalue weighted by Crippen LogP contribution is -2.40. The maximum atomic E-state index is 13.1. The van der Waals surface area contributed by atoms with Crippen molar-refractivity contribution in [3.63, 3.8) is 0 Å². The first-order valence-corrected chi connectivity index (χ1v) is 5.58.